The normalized spacial score (nSPS) is 10.1. The molecular weight excluding hydrogens is 225 g/mol. The van der Waals surface area contributed by atoms with Gasteiger partial charge >= 0.3 is 0 Å². The van der Waals surface area contributed by atoms with E-state index in [1.807, 2.05) is 0 Å². The Labute approximate surface area is 98.4 Å². The van der Waals surface area contributed by atoms with Gasteiger partial charge in [-0.1, -0.05) is 0 Å². The second-order valence-corrected chi connectivity index (χ2v) is 3.75. The zero-order valence-corrected chi connectivity index (χ0v) is 9.66. The number of nitrogens with zero attached hydrogens (tertiary/aromatic N) is 1. The number of carbonyl (C=O) groups excluding carboxylic acids is 2. The Morgan fingerprint density at radius 2 is 2.18 bits per heavy atom. The van der Waals surface area contributed by atoms with E-state index in [1.54, 1.807) is 13.8 Å². The summed E-state index contributed by atoms with van der Waals surface area (Å²) in [5.74, 6) is -1.83. The lowest BCUT2D eigenvalue weighted by Gasteiger charge is -2.09. The SMILES string of the molecule is CC(C)NC(=O)CNC(=O)c1cccnc1F. The van der Waals surface area contributed by atoms with E-state index in [4.69, 9.17) is 0 Å². The molecule has 0 unspecified atom stereocenters. The molecule has 17 heavy (non-hydrogen) atoms. The van der Waals surface area contributed by atoms with E-state index < -0.39 is 11.9 Å². The van der Waals surface area contributed by atoms with Gasteiger partial charge in [-0.3, -0.25) is 9.59 Å². The second-order valence-electron chi connectivity index (χ2n) is 3.75. The van der Waals surface area contributed by atoms with Gasteiger partial charge in [0.05, 0.1) is 12.1 Å². The van der Waals surface area contributed by atoms with Gasteiger partial charge in [-0.05, 0) is 26.0 Å². The molecule has 1 rings (SSSR count). The molecule has 0 fully saturated rings. The van der Waals surface area contributed by atoms with E-state index in [9.17, 15) is 14.0 Å². The summed E-state index contributed by atoms with van der Waals surface area (Å²) < 4.78 is 13.1. The van der Waals surface area contributed by atoms with Gasteiger partial charge < -0.3 is 10.6 Å². The lowest BCUT2D eigenvalue weighted by molar-refractivity contribution is -0.120. The van der Waals surface area contributed by atoms with Crippen LogP contribution < -0.4 is 10.6 Å². The third kappa shape index (κ3) is 4.18. The number of rotatable bonds is 4. The number of pyridine rings is 1. The molecular formula is C11H14FN3O2. The molecule has 2 amide bonds. The molecule has 1 aromatic heterocycles. The van der Waals surface area contributed by atoms with Gasteiger partial charge in [-0.2, -0.15) is 4.39 Å². The number of aromatic nitrogens is 1. The van der Waals surface area contributed by atoms with Crippen LogP contribution in [0.2, 0.25) is 0 Å². The second kappa shape index (κ2) is 5.93. The van der Waals surface area contributed by atoms with Crippen molar-refractivity contribution in [3.8, 4) is 0 Å². The van der Waals surface area contributed by atoms with E-state index in [0.717, 1.165) is 0 Å². The first-order valence-corrected chi connectivity index (χ1v) is 5.18. The Morgan fingerprint density at radius 3 is 2.76 bits per heavy atom. The fourth-order valence-corrected chi connectivity index (χ4v) is 1.18. The first-order chi connectivity index (χ1) is 8.00. The highest BCUT2D eigenvalue weighted by Gasteiger charge is 2.12. The number of hydrogen-bond acceptors (Lipinski definition) is 3. The molecule has 6 heteroatoms. The number of nitrogens with one attached hydrogen (secondary N) is 2. The highest BCUT2D eigenvalue weighted by Crippen LogP contribution is 2.01. The van der Waals surface area contributed by atoms with Crippen LogP contribution in [-0.4, -0.2) is 29.4 Å². The van der Waals surface area contributed by atoms with Gasteiger partial charge in [0.1, 0.15) is 0 Å². The van der Waals surface area contributed by atoms with E-state index in [1.165, 1.54) is 18.3 Å². The van der Waals surface area contributed by atoms with Crippen molar-refractivity contribution in [3.63, 3.8) is 0 Å². The molecule has 0 aliphatic rings. The average Bonchev–Trinajstić information content (AvgIpc) is 2.25. The molecule has 1 heterocycles. The highest BCUT2D eigenvalue weighted by atomic mass is 19.1. The summed E-state index contributed by atoms with van der Waals surface area (Å²) in [4.78, 5) is 26.1. The molecule has 0 saturated heterocycles. The third-order valence-electron chi connectivity index (χ3n) is 1.86. The standard InChI is InChI=1S/C11H14FN3O2/c1-7(2)15-9(16)6-14-11(17)8-4-3-5-13-10(8)12/h3-5,7H,6H2,1-2H3,(H,14,17)(H,15,16). The van der Waals surface area contributed by atoms with Crippen LogP contribution in [0.4, 0.5) is 4.39 Å². The summed E-state index contributed by atoms with van der Waals surface area (Å²) in [5, 5.41) is 4.92. The fraction of sp³-hybridized carbons (Fsp3) is 0.364. The molecule has 2 N–H and O–H groups in total. The minimum atomic E-state index is -0.853. The Balaban J connectivity index is 2.51. The van der Waals surface area contributed by atoms with Crippen LogP contribution in [0.15, 0.2) is 18.3 Å². The van der Waals surface area contributed by atoms with Gasteiger partial charge in [0.15, 0.2) is 0 Å². The Hall–Kier alpha value is -1.98. The minimum absolute atomic E-state index is 0.00506. The summed E-state index contributed by atoms with van der Waals surface area (Å²) >= 11 is 0. The van der Waals surface area contributed by atoms with Gasteiger partial charge in [0.2, 0.25) is 11.9 Å². The van der Waals surface area contributed by atoms with Crippen LogP contribution in [0.5, 0.6) is 0 Å². The van der Waals surface area contributed by atoms with Crippen LogP contribution >= 0.6 is 0 Å². The van der Waals surface area contributed by atoms with E-state index in [-0.39, 0.29) is 24.1 Å². The summed E-state index contributed by atoms with van der Waals surface area (Å²) in [6, 6.07) is 2.75. The van der Waals surface area contributed by atoms with Crippen molar-refractivity contribution >= 4 is 11.8 Å². The molecule has 0 saturated carbocycles. The molecule has 0 spiro atoms. The smallest absolute Gasteiger partial charge is 0.256 e. The summed E-state index contributed by atoms with van der Waals surface area (Å²) in [6.45, 7) is 3.42. The largest absolute Gasteiger partial charge is 0.352 e. The lowest BCUT2D eigenvalue weighted by Crippen LogP contribution is -2.40. The number of halogens is 1. The van der Waals surface area contributed by atoms with Gasteiger partial charge in [-0.15, -0.1) is 0 Å². The van der Waals surface area contributed by atoms with Crippen molar-refractivity contribution in [1.82, 2.24) is 15.6 Å². The third-order valence-corrected chi connectivity index (χ3v) is 1.86. The topological polar surface area (TPSA) is 71.1 Å². The Kier molecular flexibility index (Phi) is 4.56. The summed E-state index contributed by atoms with van der Waals surface area (Å²) in [6.07, 6.45) is 1.25. The first-order valence-electron chi connectivity index (χ1n) is 5.18. The molecule has 0 aromatic carbocycles. The van der Waals surface area contributed by atoms with Crippen molar-refractivity contribution in [2.45, 2.75) is 19.9 Å². The Morgan fingerprint density at radius 1 is 1.47 bits per heavy atom. The summed E-state index contributed by atoms with van der Waals surface area (Å²) in [5.41, 5.74) is -0.176. The van der Waals surface area contributed by atoms with Gasteiger partial charge in [0.25, 0.3) is 5.91 Å². The molecule has 1 aromatic rings. The molecule has 0 atom stereocenters. The van der Waals surface area contributed by atoms with Crippen molar-refractivity contribution in [3.05, 3.63) is 29.8 Å². The van der Waals surface area contributed by atoms with Crippen molar-refractivity contribution in [2.24, 2.45) is 0 Å². The number of carbonyl (C=O) groups is 2. The molecule has 5 nitrogen and oxygen atoms in total. The number of amides is 2. The minimum Gasteiger partial charge on any atom is -0.352 e. The maximum absolute atomic E-state index is 13.1. The van der Waals surface area contributed by atoms with E-state index in [2.05, 4.69) is 15.6 Å². The first kappa shape index (κ1) is 13.1. The zero-order chi connectivity index (χ0) is 12.8. The fourth-order valence-electron chi connectivity index (χ4n) is 1.18. The van der Waals surface area contributed by atoms with Crippen LogP contribution in [0.25, 0.3) is 0 Å². The quantitative estimate of drug-likeness (QED) is 0.750. The highest BCUT2D eigenvalue weighted by molar-refractivity contribution is 5.96. The average molecular weight is 239 g/mol. The Bertz CT molecular complexity index is 421. The zero-order valence-electron chi connectivity index (χ0n) is 9.66. The summed E-state index contributed by atoms with van der Waals surface area (Å²) in [7, 11) is 0. The molecule has 0 aliphatic heterocycles. The van der Waals surface area contributed by atoms with Crippen LogP contribution in [0.3, 0.4) is 0 Å². The van der Waals surface area contributed by atoms with Gasteiger partial charge in [-0.25, -0.2) is 4.98 Å². The predicted octanol–water partition coefficient (Wildman–Crippen LogP) is 0.475. The van der Waals surface area contributed by atoms with Crippen LogP contribution in [0.1, 0.15) is 24.2 Å². The van der Waals surface area contributed by atoms with E-state index >= 15 is 0 Å². The van der Waals surface area contributed by atoms with Crippen LogP contribution in [0, 0.1) is 5.95 Å². The van der Waals surface area contributed by atoms with Crippen molar-refractivity contribution < 1.29 is 14.0 Å². The monoisotopic (exact) mass is 239 g/mol. The maximum Gasteiger partial charge on any atom is 0.256 e. The van der Waals surface area contributed by atoms with Crippen molar-refractivity contribution in [1.29, 1.82) is 0 Å². The maximum atomic E-state index is 13.1. The number of hydrogen-bond donors (Lipinski definition) is 2. The van der Waals surface area contributed by atoms with Crippen LogP contribution in [-0.2, 0) is 4.79 Å². The molecule has 0 aliphatic carbocycles. The molecule has 0 bridgehead atoms. The van der Waals surface area contributed by atoms with Crippen molar-refractivity contribution in [2.75, 3.05) is 6.54 Å². The predicted molar refractivity (Wildman–Crippen MR) is 59.8 cm³/mol. The lowest BCUT2D eigenvalue weighted by atomic mass is 10.2. The molecule has 0 radical (unpaired) electrons. The molecule has 92 valence electrons. The van der Waals surface area contributed by atoms with E-state index in [0.29, 0.717) is 0 Å². The van der Waals surface area contributed by atoms with Gasteiger partial charge in [0, 0.05) is 12.2 Å².